The standard InChI is InChI=1S/C9H9N3O3/c10-12-11-3-4-13-7-1-2-8-9(5-7)15-6-14-8/h1-2,5H,3-4,6H2. The molecule has 0 atom stereocenters. The topological polar surface area (TPSA) is 76.5 Å². The molecule has 0 amide bonds. The maximum absolute atomic E-state index is 8.06. The molecule has 78 valence electrons. The van der Waals surface area contributed by atoms with E-state index in [4.69, 9.17) is 19.7 Å². The lowest BCUT2D eigenvalue weighted by Gasteiger charge is -2.04. The van der Waals surface area contributed by atoms with Crippen LogP contribution in [0, 0.1) is 0 Å². The van der Waals surface area contributed by atoms with Crippen molar-refractivity contribution in [3.05, 3.63) is 28.6 Å². The van der Waals surface area contributed by atoms with Crippen molar-refractivity contribution in [2.45, 2.75) is 0 Å². The number of hydrogen-bond donors (Lipinski definition) is 0. The second-order valence-electron chi connectivity index (χ2n) is 2.82. The Labute approximate surface area is 86.0 Å². The molecule has 0 bridgehead atoms. The van der Waals surface area contributed by atoms with Crippen LogP contribution >= 0.6 is 0 Å². The smallest absolute Gasteiger partial charge is 0.231 e. The maximum Gasteiger partial charge on any atom is 0.231 e. The molecule has 1 aromatic rings. The molecular weight excluding hydrogens is 198 g/mol. The van der Waals surface area contributed by atoms with E-state index in [0.717, 1.165) is 5.75 Å². The Morgan fingerprint density at radius 1 is 1.40 bits per heavy atom. The second-order valence-corrected chi connectivity index (χ2v) is 2.82. The largest absolute Gasteiger partial charge is 0.493 e. The first-order valence-corrected chi connectivity index (χ1v) is 4.43. The van der Waals surface area contributed by atoms with Crippen molar-refractivity contribution in [1.82, 2.24) is 0 Å². The molecule has 0 fully saturated rings. The van der Waals surface area contributed by atoms with E-state index in [1.807, 2.05) is 0 Å². The Hall–Kier alpha value is -2.07. The predicted octanol–water partition coefficient (Wildman–Crippen LogP) is 2.10. The van der Waals surface area contributed by atoms with Crippen molar-refractivity contribution in [2.24, 2.45) is 5.11 Å². The van der Waals surface area contributed by atoms with Crippen LogP contribution in [0.1, 0.15) is 0 Å². The average molecular weight is 207 g/mol. The van der Waals surface area contributed by atoms with E-state index in [1.54, 1.807) is 18.2 Å². The number of benzene rings is 1. The molecule has 2 rings (SSSR count). The van der Waals surface area contributed by atoms with Gasteiger partial charge in [0.2, 0.25) is 6.79 Å². The van der Waals surface area contributed by atoms with Gasteiger partial charge in [0.05, 0.1) is 13.2 Å². The molecule has 0 unspecified atom stereocenters. The lowest BCUT2D eigenvalue weighted by Crippen LogP contribution is -1.99. The summed E-state index contributed by atoms with van der Waals surface area (Å²) in [5.41, 5.74) is 8.06. The van der Waals surface area contributed by atoms with Crippen LogP contribution < -0.4 is 14.2 Å². The Balaban J connectivity index is 1.95. The van der Waals surface area contributed by atoms with Crippen LogP contribution in [-0.2, 0) is 0 Å². The molecule has 1 aliphatic heterocycles. The van der Waals surface area contributed by atoms with Gasteiger partial charge in [0.25, 0.3) is 0 Å². The number of ether oxygens (including phenoxy) is 3. The van der Waals surface area contributed by atoms with E-state index in [-0.39, 0.29) is 6.79 Å². The van der Waals surface area contributed by atoms with Crippen LogP contribution in [0.5, 0.6) is 17.2 Å². The van der Waals surface area contributed by atoms with Crippen LogP contribution in [0.25, 0.3) is 10.4 Å². The third-order valence-electron chi connectivity index (χ3n) is 1.87. The minimum Gasteiger partial charge on any atom is -0.493 e. The highest BCUT2D eigenvalue weighted by atomic mass is 16.7. The monoisotopic (exact) mass is 207 g/mol. The number of azide groups is 1. The van der Waals surface area contributed by atoms with Crippen LogP contribution in [-0.4, -0.2) is 19.9 Å². The van der Waals surface area contributed by atoms with Crippen molar-refractivity contribution >= 4 is 0 Å². The highest BCUT2D eigenvalue weighted by molar-refractivity contribution is 5.46. The second kappa shape index (κ2) is 4.43. The minimum atomic E-state index is 0.248. The van der Waals surface area contributed by atoms with Crippen molar-refractivity contribution in [3.8, 4) is 17.2 Å². The fourth-order valence-corrected chi connectivity index (χ4v) is 1.22. The number of nitrogens with zero attached hydrogens (tertiary/aromatic N) is 3. The van der Waals surface area contributed by atoms with E-state index in [0.29, 0.717) is 24.7 Å². The summed E-state index contributed by atoms with van der Waals surface area (Å²) < 4.78 is 15.7. The zero-order valence-corrected chi connectivity index (χ0v) is 7.92. The Bertz CT molecular complexity index is 402. The molecule has 1 aliphatic rings. The van der Waals surface area contributed by atoms with Crippen molar-refractivity contribution in [3.63, 3.8) is 0 Å². The van der Waals surface area contributed by atoms with Gasteiger partial charge >= 0.3 is 0 Å². The molecule has 0 saturated heterocycles. The van der Waals surface area contributed by atoms with Crippen LogP contribution in [0.3, 0.4) is 0 Å². The fraction of sp³-hybridized carbons (Fsp3) is 0.333. The summed E-state index contributed by atoms with van der Waals surface area (Å²) in [5.74, 6) is 2.07. The summed E-state index contributed by atoms with van der Waals surface area (Å²) in [6.45, 7) is 0.909. The highest BCUT2D eigenvalue weighted by Gasteiger charge is 2.13. The fourth-order valence-electron chi connectivity index (χ4n) is 1.22. The molecule has 0 N–H and O–H groups in total. The zero-order valence-electron chi connectivity index (χ0n) is 7.92. The van der Waals surface area contributed by atoms with Crippen LogP contribution in [0.4, 0.5) is 0 Å². The van der Waals surface area contributed by atoms with Gasteiger partial charge in [-0.25, -0.2) is 0 Å². The van der Waals surface area contributed by atoms with Crippen molar-refractivity contribution in [1.29, 1.82) is 0 Å². The number of fused-ring (bicyclic) bond motifs is 1. The Morgan fingerprint density at radius 3 is 3.13 bits per heavy atom. The lowest BCUT2D eigenvalue weighted by atomic mass is 10.3. The average Bonchev–Trinajstić information content (AvgIpc) is 2.71. The van der Waals surface area contributed by atoms with E-state index in [9.17, 15) is 0 Å². The van der Waals surface area contributed by atoms with Crippen molar-refractivity contribution in [2.75, 3.05) is 19.9 Å². The van der Waals surface area contributed by atoms with Gasteiger partial charge in [-0.3, -0.25) is 0 Å². The molecule has 0 aromatic heterocycles. The quantitative estimate of drug-likeness (QED) is 0.328. The summed E-state index contributed by atoms with van der Waals surface area (Å²) in [4.78, 5) is 2.63. The highest BCUT2D eigenvalue weighted by Crippen LogP contribution is 2.34. The minimum absolute atomic E-state index is 0.248. The van der Waals surface area contributed by atoms with Gasteiger partial charge in [-0.15, -0.1) is 0 Å². The number of hydrogen-bond acceptors (Lipinski definition) is 4. The molecule has 1 aromatic carbocycles. The first kappa shape index (κ1) is 9.48. The maximum atomic E-state index is 8.06. The molecular formula is C9H9N3O3. The molecule has 0 saturated carbocycles. The molecule has 6 heteroatoms. The van der Waals surface area contributed by atoms with Gasteiger partial charge < -0.3 is 14.2 Å². The van der Waals surface area contributed by atoms with Gasteiger partial charge in [-0.05, 0) is 17.7 Å². The van der Waals surface area contributed by atoms with Crippen LogP contribution in [0.2, 0.25) is 0 Å². The SMILES string of the molecule is [N-]=[N+]=NCCOc1ccc2c(c1)OCO2. The van der Waals surface area contributed by atoms with Crippen molar-refractivity contribution < 1.29 is 14.2 Å². The van der Waals surface area contributed by atoms with E-state index >= 15 is 0 Å². The molecule has 0 spiro atoms. The summed E-state index contributed by atoms with van der Waals surface area (Å²) in [6, 6.07) is 5.31. The molecule has 15 heavy (non-hydrogen) atoms. The first-order chi connectivity index (χ1) is 7.40. The van der Waals surface area contributed by atoms with Gasteiger partial charge in [0.15, 0.2) is 11.5 Å². The number of rotatable bonds is 4. The summed E-state index contributed by atoms with van der Waals surface area (Å²) in [6.07, 6.45) is 0. The van der Waals surface area contributed by atoms with Crippen LogP contribution in [0.15, 0.2) is 23.3 Å². The first-order valence-electron chi connectivity index (χ1n) is 4.43. The third kappa shape index (κ3) is 2.24. The molecule has 1 heterocycles. The van der Waals surface area contributed by atoms with Gasteiger partial charge in [-0.2, -0.15) is 0 Å². The molecule has 0 aliphatic carbocycles. The van der Waals surface area contributed by atoms with Gasteiger partial charge in [0, 0.05) is 11.0 Å². The normalized spacial score (nSPS) is 12.0. The van der Waals surface area contributed by atoms with Gasteiger partial charge in [0.1, 0.15) is 5.75 Å². The zero-order chi connectivity index (χ0) is 10.5. The van der Waals surface area contributed by atoms with E-state index in [2.05, 4.69) is 10.0 Å². The Morgan fingerprint density at radius 2 is 2.27 bits per heavy atom. The van der Waals surface area contributed by atoms with E-state index in [1.165, 1.54) is 0 Å². The molecule has 6 nitrogen and oxygen atoms in total. The third-order valence-corrected chi connectivity index (χ3v) is 1.87. The lowest BCUT2D eigenvalue weighted by molar-refractivity contribution is 0.174. The summed E-state index contributed by atoms with van der Waals surface area (Å²) in [7, 11) is 0. The van der Waals surface area contributed by atoms with E-state index < -0.39 is 0 Å². The molecule has 0 radical (unpaired) electrons. The summed E-state index contributed by atoms with van der Waals surface area (Å²) >= 11 is 0. The Kier molecular flexibility index (Phi) is 2.80. The van der Waals surface area contributed by atoms with Gasteiger partial charge in [-0.1, -0.05) is 5.11 Å². The summed E-state index contributed by atoms with van der Waals surface area (Å²) in [5, 5.41) is 3.36. The predicted molar refractivity (Wildman–Crippen MR) is 52.1 cm³/mol.